The Kier molecular flexibility index (Phi) is 5.76. The summed E-state index contributed by atoms with van der Waals surface area (Å²) in [5.74, 6) is 0.172. The second-order valence-corrected chi connectivity index (χ2v) is 7.36. The van der Waals surface area contributed by atoms with E-state index in [-0.39, 0.29) is 11.7 Å². The number of esters is 1. The average molecular weight is 418 g/mol. The highest BCUT2D eigenvalue weighted by Crippen LogP contribution is 2.23. The van der Waals surface area contributed by atoms with Gasteiger partial charge < -0.3 is 15.0 Å². The van der Waals surface area contributed by atoms with Gasteiger partial charge in [-0.05, 0) is 36.4 Å². The number of nitrogens with zero attached hydrogens (tertiary/aromatic N) is 2. The van der Waals surface area contributed by atoms with Crippen LogP contribution in [0.5, 0.6) is 0 Å². The highest BCUT2D eigenvalue weighted by atomic mass is 32.2. The van der Waals surface area contributed by atoms with Crippen LogP contribution in [0.15, 0.2) is 71.9 Å². The summed E-state index contributed by atoms with van der Waals surface area (Å²) in [7, 11) is 1.30. The number of rotatable bonds is 6. The number of carbonyl (C=O) groups is 2. The Labute approximate surface area is 176 Å². The number of methoxy groups -OCH3 is 1. The molecular weight excluding hydrogens is 400 g/mol. The number of nitrogens with one attached hydrogen (secondary N) is 2. The fourth-order valence-electron chi connectivity index (χ4n) is 2.90. The molecule has 0 unspecified atom stereocenters. The van der Waals surface area contributed by atoms with Gasteiger partial charge in [-0.3, -0.25) is 4.79 Å². The predicted octanol–water partition coefficient (Wildman–Crippen LogP) is 4.14. The van der Waals surface area contributed by atoms with Gasteiger partial charge in [0, 0.05) is 11.8 Å². The molecule has 0 aliphatic heterocycles. The molecule has 0 radical (unpaired) electrons. The number of fused-ring (bicyclic) bond motifs is 1. The number of imidazole rings is 1. The first-order chi connectivity index (χ1) is 14.6. The maximum absolute atomic E-state index is 12.3. The number of aromatic amines is 1. The molecule has 0 bridgehead atoms. The summed E-state index contributed by atoms with van der Waals surface area (Å²) in [5.41, 5.74) is 3.46. The van der Waals surface area contributed by atoms with Gasteiger partial charge in [-0.1, -0.05) is 36.0 Å². The molecule has 7 nitrogen and oxygen atoms in total. The number of thioether (sulfide) groups is 1. The highest BCUT2D eigenvalue weighted by molar-refractivity contribution is 7.99. The Balaban J connectivity index is 1.38. The van der Waals surface area contributed by atoms with Crippen LogP contribution in [0.1, 0.15) is 10.4 Å². The molecule has 2 aromatic carbocycles. The molecule has 0 aliphatic rings. The zero-order valence-electron chi connectivity index (χ0n) is 16.1. The normalized spacial score (nSPS) is 10.7. The Hall–Kier alpha value is -3.65. The van der Waals surface area contributed by atoms with Crippen molar-refractivity contribution in [3.05, 3.63) is 72.4 Å². The molecule has 2 N–H and O–H groups in total. The van der Waals surface area contributed by atoms with Crippen LogP contribution in [0.3, 0.4) is 0 Å². The fraction of sp³-hybridized carbons (Fsp3) is 0.0909. The van der Waals surface area contributed by atoms with Crippen molar-refractivity contribution in [2.45, 2.75) is 5.03 Å². The smallest absolute Gasteiger partial charge is 0.339 e. The lowest BCUT2D eigenvalue weighted by Crippen LogP contribution is -2.17. The van der Waals surface area contributed by atoms with E-state index in [1.165, 1.54) is 18.9 Å². The molecule has 0 aliphatic carbocycles. The lowest BCUT2D eigenvalue weighted by Gasteiger charge is -2.09. The SMILES string of the molecule is COC(=O)c1ccccc1NC(=O)CSc1ccc(-c2nc3ccccc3[nH]2)cn1. The van der Waals surface area contributed by atoms with E-state index in [0.717, 1.165) is 22.4 Å². The zero-order valence-corrected chi connectivity index (χ0v) is 16.9. The Morgan fingerprint density at radius 1 is 1.07 bits per heavy atom. The first-order valence-electron chi connectivity index (χ1n) is 9.15. The van der Waals surface area contributed by atoms with Crippen molar-refractivity contribution in [3.8, 4) is 11.4 Å². The van der Waals surface area contributed by atoms with Gasteiger partial charge in [0.15, 0.2) is 0 Å². The van der Waals surface area contributed by atoms with Crippen LogP contribution in [0.4, 0.5) is 5.69 Å². The number of H-pyrrole nitrogens is 1. The predicted molar refractivity (Wildman–Crippen MR) is 116 cm³/mol. The number of ether oxygens (including phenoxy) is 1. The molecule has 0 fully saturated rings. The Bertz CT molecular complexity index is 1170. The fourth-order valence-corrected chi connectivity index (χ4v) is 3.54. The monoisotopic (exact) mass is 418 g/mol. The topological polar surface area (TPSA) is 97.0 Å². The summed E-state index contributed by atoms with van der Waals surface area (Å²) in [6.45, 7) is 0. The lowest BCUT2D eigenvalue weighted by atomic mass is 10.2. The maximum atomic E-state index is 12.3. The van der Waals surface area contributed by atoms with Crippen molar-refractivity contribution in [3.63, 3.8) is 0 Å². The van der Waals surface area contributed by atoms with Crippen LogP contribution in [0.2, 0.25) is 0 Å². The van der Waals surface area contributed by atoms with Crippen LogP contribution in [0, 0.1) is 0 Å². The third kappa shape index (κ3) is 4.33. The van der Waals surface area contributed by atoms with E-state index in [1.54, 1.807) is 30.5 Å². The van der Waals surface area contributed by atoms with Crippen LogP contribution < -0.4 is 5.32 Å². The molecule has 4 rings (SSSR count). The molecule has 2 aromatic heterocycles. The van der Waals surface area contributed by atoms with E-state index in [4.69, 9.17) is 4.74 Å². The van der Waals surface area contributed by atoms with E-state index in [2.05, 4.69) is 20.3 Å². The number of carbonyl (C=O) groups excluding carboxylic acids is 2. The van der Waals surface area contributed by atoms with Gasteiger partial charge in [-0.2, -0.15) is 0 Å². The number of aromatic nitrogens is 3. The second-order valence-electron chi connectivity index (χ2n) is 6.36. The van der Waals surface area contributed by atoms with Crippen molar-refractivity contribution in [1.82, 2.24) is 15.0 Å². The number of pyridine rings is 1. The van der Waals surface area contributed by atoms with E-state index >= 15 is 0 Å². The van der Waals surface area contributed by atoms with Crippen LogP contribution in [-0.4, -0.2) is 39.7 Å². The number of benzene rings is 2. The second kappa shape index (κ2) is 8.79. The average Bonchev–Trinajstić information content (AvgIpc) is 3.22. The molecule has 1 amide bonds. The molecular formula is C22H18N4O3S. The lowest BCUT2D eigenvalue weighted by molar-refractivity contribution is -0.113. The molecule has 0 spiro atoms. The molecule has 150 valence electrons. The van der Waals surface area contributed by atoms with Crippen LogP contribution in [-0.2, 0) is 9.53 Å². The van der Waals surface area contributed by atoms with Crippen molar-refractivity contribution < 1.29 is 14.3 Å². The van der Waals surface area contributed by atoms with E-state index in [0.29, 0.717) is 16.3 Å². The van der Waals surface area contributed by atoms with Gasteiger partial charge in [-0.25, -0.2) is 14.8 Å². The molecule has 2 heterocycles. The number of hydrogen-bond acceptors (Lipinski definition) is 6. The third-order valence-electron chi connectivity index (χ3n) is 4.36. The van der Waals surface area contributed by atoms with E-state index in [9.17, 15) is 9.59 Å². The minimum Gasteiger partial charge on any atom is -0.465 e. The van der Waals surface area contributed by atoms with Gasteiger partial charge in [0.2, 0.25) is 5.91 Å². The molecule has 8 heteroatoms. The first-order valence-corrected chi connectivity index (χ1v) is 10.1. The molecule has 0 atom stereocenters. The van der Waals surface area contributed by atoms with Gasteiger partial charge >= 0.3 is 5.97 Å². The van der Waals surface area contributed by atoms with E-state index in [1.807, 2.05) is 36.4 Å². The maximum Gasteiger partial charge on any atom is 0.339 e. The summed E-state index contributed by atoms with van der Waals surface area (Å²) >= 11 is 1.31. The van der Waals surface area contributed by atoms with Crippen molar-refractivity contribution >= 4 is 40.4 Å². The Morgan fingerprint density at radius 3 is 2.63 bits per heavy atom. The van der Waals surface area contributed by atoms with Gasteiger partial charge in [0.05, 0.1) is 40.2 Å². The summed E-state index contributed by atoms with van der Waals surface area (Å²) in [6.07, 6.45) is 1.73. The third-order valence-corrected chi connectivity index (χ3v) is 5.30. The molecule has 0 saturated carbocycles. The van der Waals surface area contributed by atoms with E-state index < -0.39 is 5.97 Å². The van der Waals surface area contributed by atoms with Crippen molar-refractivity contribution in [2.75, 3.05) is 18.2 Å². The van der Waals surface area contributed by atoms with Crippen molar-refractivity contribution in [1.29, 1.82) is 0 Å². The van der Waals surface area contributed by atoms with Crippen LogP contribution >= 0.6 is 11.8 Å². The zero-order chi connectivity index (χ0) is 20.9. The van der Waals surface area contributed by atoms with Gasteiger partial charge in [0.25, 0.3) is 0 Å². The van der Waals surface area contributed by atoms with Crippen molar-refractivity contribution in [2.24, 2.45) is 0 Å². The summed E-state index contributed by atoms with van der Waals surface area (Å²) in [4.78, 5) is 36.4. The number of hydrogen-bond donors (Lipinski definition) is 2. The number of para-hydroxylation sites is 3. The standard InChI is InChI=1S/C22H18N4O3S/c1-29-22(28)15-6-2-3-7-16(15)24-19(27)13-30-20-11-10-14(12-23-20)21-25-17-8-4-5-9-18(17)26-21/h2-12H,13H2,1H3,(H,24,27)(H,25,26). The minimum atomic E-state index is -0.499. The highest BCUT2D eigenvalue weighted by Gasteiger charge is 2.13. The molecule has 4 aromatic rings. The summed E-state index contributed by atoms with van der Waals surface area (Å²) in [6, 6.07) is 18.3. The summed E-state index contributed by atoms with van der Waals surface area (Å²) in [5, 5.41) is 3.46. The number of amides is 1. The number of anilines is 1. The quantitative estimate of drug-likeness (QED) is 0.361. The summed E-state index contributed by atoms with van der Waals surface area (Å²) < 4.78 is 4.74. The van der Waals surface area contributed by atoms with Gasteiger partial charge in [-0.15, -0.1) is 0 Å². The van der Waals surface area contributed by atoms with Crippen LogP contribution in [0.25, 0.3) is 22.4 Å². The minimum absolute atomic E-state index is 0.159. The Morgan fingerprint density at radius 2 is 1.87 bits per heavy atom. The molecule has 0 saturated heterocycles. The van der Waals surface area contributed by atoms with Gasteiger partial charge in [0.1, 0.15) is 5.82 Å². The molecule has 30 heavy (non-hydrogen) atoms. The first kappa shape index (κ1) is 19.7. The largest absolute Gasteiger partial charge is 0.465 e.